The van der Waals surface area contributed by atoms with Crippen LogP contribution in [0.3, 0.4) is 0 Å². The van der Waals surface area contributed by atoms with E-state index in [4.69, 9.17) is 11.6 Å². The molecule has 29 heavy (non-hydrogen) atoms. The summed E-state index contributed by atoms with van der Waals surface area (Å²) in [5, 5.41) is 3.47. The van der Waals surface area contributed by atoms with E-state index in [-0.39, 0.29) is 10.8 Å². The molecule has 3 aromatic carbocycles. The molecule has 0 fully saturated rings. The first-order chi connectivity index (χ1) is 13.8. The summed E-state index contributed by atoms with van der Waals surface area (Å²) < 4.78 is 27.0. The van der Waals surface area contributed by atoms with Crippen LogP contribution < -0.4 is 9.62 Å². The second-order valence-corrected chi connectivity index (χ2v) is 9.00. The Balaban J connectivity index is 1.82. The van der Waals surface area contributed by atoms with Gasteiger partial charge < -0.3 is 5.32 Å². The number of nitrogens with one attached hydrogen (secondary N) is 1. The molecule has 7 heteroatoms. The SMILES string of the molecule is Cc1ccc(C(=O)NCc2ccc(Cl)cc2)cc1N(C)S(=O)(=O)c1ccccc1. The third-order valence-electron chi connectivity index (χ3n) is 4.58. The minimum Gasteiger partial charge on any atom is -0.348 e. The van der Waals surface area contributed by atoms with Crippen molar-refractivity contribution in [1.29, 1.82) is 0 Å². The highest BCUT2D eigenvalue weighted by molar-refractivity contribution is 7.92. The van der Waals surface area contributed by atoms with Gasteiger partial charge in [0.2, 0.25) is 0 Å². The highest BCUT2D eigenvalue weighted by atomic mass is 35.5. The van der Waals surface area contributed by atoms with E-state index in [9.17, 15) is 13.2 Å². The molecule has 0 aliphatic heterocycles. The number of rotatable bonds is 6. The van der Waals surface area contributed by atoms with Crippen molar-refractivity contribution in [3.8, 4) is 0 Å². The fraction of sp³-hybridized carbons (Fsp3) is 0.136. The number of carbonyl (C=O) groups is 1. The van der Waals surface area contributed by atoms with Gasteiger partial charge in [-0.25, -0.2) is 8.42 Å². The van der Waals surface area contributed by atoms with E-state index in [1.807, 2.05) is 19.1 Å². The number of hydrogen-bond donors (Lipinski definition) is 1. The highest BCUT2D eigenvalue weighted by Crippen LogP contribution is 2.26. The van der Waals surface area contributed by atoms with Crippen molar-refractivity contribution < 1.29 is 13.2 Å². The molecule has 0 heterocycles. The van der Waals surface area contributed by atoms with Crippen molar-refractivity contribution in [2.45, 2.75) is 18.4 Å². The lowest BCUT2D eigenvalue weighted by molar-refractivity contribution is 0.0951. The number of aryl methyl sites for hydroxylation is 1. The number of amides is 1. The summed E-state index contributed by atoms with van der Waals surface area (Å²) in [6, 6.07) is 20.4. The second-order valence-electron chi connectivity index (χ2n) is 6.60. The Hall–Kier alpha value is -2.83. The number of carbonyl (C=O) groups excluding carboxylic acids is 1. The quantitative estimate of drug-likeness (QED) is 0.632. The Bertz CT molecular complexity index is 1110. The third kappa shape index (κ3) is 4.78. The summed E-state index contributed by atoms with van der Waals surface area (Å²) in [7, 11) is -2.24. The van der Waals surface area contributed by atoms with Crippen LogP contribution in [0, 0.1) is 6.92 Å². The largest absolute Gasteiger partial charge is 0.348 e. The molecule has 3 rings (SSSR count). The number of halogens is 1. The fourth-order valence-corrected chi connectivity index (χ4v) is 4.26. The van der Waals surface area contributed by atoms with Crippen LogP contribution in [0.2, 0.25) is 5.02 Å². The molecule has 0 saturated carbocycles. The lowest BCUT2D eigenvalue weighted by Gasteiger charge is -2.22. The molecule has 150 valence electrons. The van der Waals surface area contributed by atoms with Gasteiger partial charge in [-0.3, -0.25) is 9.10 Å². The average molecular weight is 429 g/mol. The van der Waals surface area contributed by atoms with Crippen LogP contribution >= 0.6 is 11.6 Å². The molecule has 0 atom stereocenters. The third-order valence-corrected chi connectivity index (χ3v) is 6.62. The summed E-state index contributed by atoms with van der Waals surface area (Å²) in [6.45, 7) is 2.15. The minimum atomic E-state index is -3.73. The van der Waals surface area contributed by atoms with Crippen LogP contribution in [0.15, 0.2) is 77.7 Å². The van der Waals surface area contributed by atoms with Gasteiger partial charge in [0.15, 0.2) is 0 Å². The Morgan fingerprint density at radius 2 is 1.66 bits per heavy atom. The summed E-state index contributed by atoms with van der Waals surface area (Å²) in [5.41, 5.74) is 2.50. The number of sulfonamides is 1. The monoisotopic (exact) mass is 428 g/mol. The normalized spacial score (nSPS) is 11.1. The average Bonchev–Trinajstić information content (AvgIpc) is 2.73. The predicted molar refractivity (Wildman–Crippen MR) is 116 cm³/mol. The van der Waals surface area contributed by atoms with Gasteiger partial charge in [0.05, 0.1) is 10.6 Å². The Morgan fingerprint density at radius 1 is 1.00 bits per heavy atom. The van der Waals surface area contributed by atoms with Gasteiger partial charge in [-0.2, -0.15) is 0 Å². The van der Waals surface area contributed by atoms with Gasteiger partial charge in [-0.05, 0) is 54.4 Å². The van der Waals surface area contributed by atoms with Crippen molar-refractivity contribution in [3.05, 3.63) is 94.5 Å². The maximum absolute atomic E-state index is 12.9. The molecular weight excluding hydrogens is 408 g/mol. The summed E-state index contributed by atoms with van der Waals surface area (Å²) in [4.78, 5) is 12.8. The summed E-state index contributed by atoms with van der Waals surface area (Å²) >= 11 is 5.87. The number of benzene rings is 3. The van der Waals surface area contributed by atoms with Crippen molar-refractivity contribution >= 4 is 33.2 Å². The highest BCUT2D eigenvalue weighted by Gasteiger charge is 2.23. The number of anilines is 1. The van der Waals surface area contributed by atoms with E-state index in [1.54, 1.807) is 60.7 Å². The lowest BCUT2D eigenvalue weighted by Crippen LogP contribution is -2.28. The maximum atomic E-state index is 12.9. The smallest absolute Gasteiger partial charge is 0.264 e. The minimum absolute atomic E-state index is 0.194. The first-order valence-electron chi connectivity index (χ1n) is 8.96. The van der Waals surface area contributed by atoms with Gasteiger partial charge >= 0.3 is 0 Å². The zero-order valence-electron chi connectivity index (χ0n) is 16.1. The predicted octanol–water partition coefficient (Wildman–Crippen LogP) is 4.40. The molecule has 0 radical (unpaired) electrons. The van der Waals surface area contributed by atoms with E-state index >= 15 is 0 Å². The molecule has 5 nitrogen and oxygen atoms in total. The van der Waals surface area contributed by atoms with Crippen molar-refractivity contribution in [2.24, 2.45) is 0 Å². The van der Waals surface area contributed by atoms with Gasteiger partial charge in [-0.1, -0.05) is 48.0 Å². The zero-order chi connectivity index (χ0) is 21.0. The van der Waals surface area contributed by atoms with Crippen LogP contribution in [-0.2, 0) is 16.6 Å². The molecule has 0 bridgehead atoms. The molecular formula is C22H21ClN2O3S. The van der Waals surface area contributed by atoms with Gasteiger partial charge in [0, 0.05) is 24.2 Å². The van der Waals surface area contributed by atoms with E-state index in [0.717, 1.165) is 11.1 Å². The van der Waals surface area contributed by atoms with E-state index in [1.165, 1.54) is 11.4 Å². The maximum Gasteiger partial charge on any atom is 0.264 e. The van der Waals surface area contributed by atoms with E-state index in [2.05, 4.69) is 5.32 Å². The lowest BCUT2D eigenvalue weighted by atomic mass is 10.1. The molecule has 0 saturated heterocycles. The van der Waals surface area contributed by atoms with Gasteiger partial charge in [-0.15, -0.1) is 0 Å². The van der Waals surface area contributed by atoms with Crippen LogP contribution in [0.5, 0.6) is 0 Å². The number of nitrogens with zero attached hydrogens (tertiary/aromatic N) is 1. The van der Waals surface area contributed by atoms with Crippen molar-refractivity contribution in [1.82, 2.24) is 5.32 Å². The van der Waals surface area contributed by atoms with Crippen molar-refractivity contribution in [2.75, 3.05) is 11.4 Å². The van der Waals surface area contributed by atoms with Crippen LogP contribution in [0.4, 0.5) is 5.69 Å². The van der Waals surface area contributed by atoms with Crippen molar-refractivity contribution in [3.63, 3.8) is 0 Å². The molecule has 0 aliphatic carbocycles. The fourth-order valence-electron chi connectivity index (χ4n) is 2.86. The van der Waals surface area contributed by atoms with E-state index in [0.29, 0.717) is 22.8 Å². The molecule has 0 unspecified atom stereocenters. The Kier molecular flexibility index (Phi) is 6.25. The molecule has 0 aliphatic rings. The summed E-state index contributed by atoms with van der Waals surface area (Å²) in [6.07, 6.45) is 0. The second kappa shape index (κ2) is 8.68. The first-order valence-corrected chi connectivity index (χ1v) is 10.8. The zero-order valence-corrected chi connectivity index (χ0v) is 17.7. The van der Waals surface area contributed by atoms with Gasteiger partial charge in [0.25, 0.3) is 15.9 Å². The Labute approximate surface area is 176 Å². The topological polar surface area (TPSA) is 66.5 Å². The standard InChI is InChI=1S/C22H21ClN2O3S/c1-16-8-11-18(22(26)24-15-17-9-12-19(23)13-10-17)14-21(16)25(2)29(27,28)20-6-4-3-5-7-20/h3-14H,15H2,1-2H3,(H,24,26). The van der Waals surface area contributed by atoms with Crippen LogP contribution in [0.1, 0.15) is 21.5 Å². The van der Waals surface area contributed by atoms with E-state index < -0.39 is 10.0 Å². The van der Waals surface area contributed by atoms with Crippen LogP contribution in [0.25, 0.3) is 0 Å². The molecule has 1 N–H and O–H groups in total. The molecule has 1 amide bonds. The van der Waals surface area contributed by atoms with Gasteiger partial charge in [0.1, 0.15) is 0 Å². The number of hydrogen-bond acceptors (Lipinski definition) is 3. The summed E-state index contributed by atoms with van der Waals surface area (Å²) in [5.74, 6) is -0.285. The molecule has 0 aromatic heterocycles. The van der Waals surface area contributed by atoms with Crippen LogP contribution in [-0.4, -0.2) is 21.4 Å². The Morgan fingerprint density at radius 3 is 2.31 bits per heavy atom. The molecule has 0 spiro atoms. The first kappa shape index (κ1) is 20.9. The molecule has 3 aromatic rings.